The molecule has 2 N–H and O–H groups in total. The van der Waals surface area contributed by atoms with Crippen LogP contribution in [0.1, 0.15) is 5.56 Å². The molecule has 0 atom stereocenters. The molecule has 0 amide bonds. The van der Waals surface area contributed by atoms with E-state index in [1.807, 2.05) is 24.3 Å². The van der Waals surface area contributed by atoms with Gasteiger partial charge < -0.3 is 5.84 Å². The molecule has 2 nitrogen and oxygen atoms in total. The average molecular weight is 220 g/mol. The first kappa shape index (κ1) is 9.85. The first-order valence-electron chi connectivity index (χ1n) is 5.54. The molecule has 0 fully saturated rings. The van der Waals surface area contributed by atoms with Crippen molar-refractivity contribution in [3.8, 4) is 0 Å². The second-order valence-corrected chi connectivity index (χ2v) is 4.01. The monoisotopic (exact) mass is 220 g/mol. The van der Waals surface area contributed by atoms with Gasteiger partial charge in [0.1, 0.15) is 0 Å². The number of hydrogen-bond acceptors (Lipinski definition) is 2. The summed E-state index contributed by atoms with van der Waals surface area (Å²) < 4.78 is 0. The minimum atomic E-state index is 1.08. The first-order valence-corrected chi connectivity index (χ1v) is 5.54. The highest BCUT2D eigenvalue weighted by Gasteiger charge is 2.04. The Morgan fingerprint density at radius 1 is 0.824 bits per heavy atom. The number of benzene rings is 3. The van der Waals surface area contributed by atoms with Gasteiger partial charge in [0.15, 0.2) is 0 Å². The largest absolute Gasteiger partial charge is 0.323 e. The maximum atomic E-state index is 5.31. The molecule has 0 unspecified atom stereocenters. The molecule has 0 aliphatic rings. The molecule has 0 aliphatic heterocycles. The molecule has 0 bridgehead atoms. The van der Waals surface area contributed by atoms with E-state index in [-0.39, 0.29) is 0 Å². The second-order valence-electron chi connectivity index (χ2n) is 4.01. The third kappa shape index (κ3) is 1.54. The van der Waals surface area contributed by atoms with Crippen LogP contribution in [0.25, 0.3) is 21.5 Å². The summed E-state index contributed by atoms with van der Waals surface area (Å²) in [4.78, 5) is 0. The van der Waals surface area contributed by atoms with E-state index in [1.165, 1.54) is 21.5 Å². The summed E-state index contributed by atoms with van der Waals surface area (Å²) >= 11 is 0. The van der Waals surface area contributed by atoms with Crippen LogP contribution < -0.4 is 5.84 Å². The highest BCUT2D eigenvalue weighted by molar-refractivity contribution is 6.13. The maximum Gasteiger partial charge on any atom is 0.0550 e. The summed E-state index contributed by atoms with van der Waals surface area (Å²) in [5, 5.41) is 8.46. The molecule has 0 aromatic heterocycles. The van der Waals surface area contributed by atoms with Crippen LogP contribution in [0, 0.1) is 0 Å². The van der Waals surface area contributed by atoms with E-state index < -0.39 is 0 Å². The van der Waals surface area contributed by atoms with Crippen LogP contribution in [0.2, 0.25) is 0 Å². The predicted molar refractivity (Wildman–Crippen MR) is 73.2 cm³/mol. The van der Waals surface area contributed by atoms with Gasteiger partial charge in [0.05, 0.1) is 6.21 Å². The normalized spacial score (nSPS) is 11.5. The highest BCUT2D eigenvalue weighted by Crippen LogP contribution is 2.26. The van der Waals surface area contributed by atoms with Crippen molar-refractivity contribution in [3.63, 3.8) is 0 Å². The van der Waals surface area contributed by atoms with E-state index in [1.54, 1.807) is 6.21 Å². The van der Waals surface area contributed by atoms with Crippen LogP contribution >= 0.6 is 0 Å². The molecule has 0 saturated carbocycles. The van der Waals surface area contributed by atoms with Gasteiger partial charge in [-0.15, -0.1) is 0 Å². The third-order valence-electron chi connectivity index (χ3n) is 3.02. The molecule has 0 heterocycles. The quantitative estimate of drug-likeness (QED) is 0.290. The summed E-state index contributed by atoms with van der Waals surface area (Å²) in [6, 6.07) is 18.7. The van der Waals surface area contributed by atoms with E-state index in [0.717, 1.165) is 5.56 Å². The lowest BCUT2D eigenvalue weighted by molar-refractivity contribution is 1.27. The van der Waals surface area contributed by atoms with Crippen molar-refractivity contribution in [2.45, 2.75) is 0 Å². The van der Waals surface area contributed by atoms with E-state index in [2.05, 4.69) is 35.4 Å². The Balaban J connectivity index is 2.56. The van der Waals surface area contributed by atoms with Gasteiger partial charge in [-0.25, -0.2) is 0 Å². The molecule has 82 valence electrons. The topological polar surface area (TPSA) is 38.4 Å². The van der Waals surface area contributed by atoms with Crippen molar-refractivity contribution in [2.24, 2.45) is 10.9 Å². The lowest BCUT2D eigenvalue weighted by Gasteiger charge is -2.07. The van der Waals surface area contributed by atoms with Gasteiger partial charge in [-0.05, 0) is 27.6 Å². The number of rotatable bonds is 1. The number of nitrogens with zero attached hydrogens (tertiary/aromatic N) is 1. The zero-order chi connectivity index (χ0) is 11.7. The fourth-order valence-electron chi connectivity index (χ4n) is 2.26. The van der Waals surface area contributed by atoms with Crippen LogP contribution in [0.15, 0.2) is 59.7 Å². The molecular formula is C15H12N2. The molecule has 17 heavy (non-hydrogen) atoms. The van der Waals surface area contributed by atoms with Crippen LogP contribution in [-0.2, 0) is 0 Å². The molecular weight excluding hydrogens is 208 g/mol. The summed E-state index contributed by atoms with van der Waals surface area (Å²) in [6.45, 7) is 0. The molecule has 0 aliphatic carbocycles. The summed E-state index contributed by atoms with van der Waals surface area (Å²) in [7, 11) is 0. The van der Waals surface area contributed by atoms with Crippen LogP contribution in [0.4, 0.5) is 0 Å². The second kappa shape index (κ2) is 3.91. The van der Waals surface area contributed by atoms with Crippen molar-refractivity contribution in [1.82, 2.24) is 0 Å². The predicted octanol–water partition coefficient (Wildman–Crippen LogP) is 3.29. The van der Waals surface area contributed by atoms with Gasteiger partial charge >= 0.3 is 0 Å². The van der Waals surface area contributed by atoms with Gasteiger partial charge in [0.25, 0.3) is 0 Å². The van der Waals surface area contributed by atoms with Crippen molar-refractivity contribution in [1.29, 1.82) is 0 Å². The lowest BCUT2D eigenvalue weighted by Crippen LogP contribution is -1.90. The first-order chi connectivity index (χ1) is 8.40. The minimum Gasteiger partial charge on any atom is -0.323 e. The highest BCUT2D eigenvalue weighted by atomic mass is 15.1. The Labute approximate surface area is 99.4 Å². The lowest BCUT2D eigenvalue weighted by atomic mass is 9.97. The zero-order valence-electron chi connectivity index (χ0n) is 9.30. The summed E-state index contributed by atoms with van der Waals surface area (Å²) in [6.07, 6.45) is 1.73. The van der Waals surface area contributed by atoms with Crippen LogP contribution in [0.3, 0.4) is 0 Å². The summed E-state index contributed by atoms with van der Waals surface area (Å²) in [5.41, 5.74) is 1.08. The van der Waals surface area contributed by atoms with Crippen molar-refractivity contribution in [2.75, 3.05) is 0 Å². The molecule has 2 heteroatoms. The Morgan fingerprint density at radius 3 is 1.88 bits per heavy atom. The van der Waals surface area contributed by atoms with Gasteiger partial charge in [-0.3, -0.25) is 0 Å². The molecule has 3 aromatic rings. The van der Waals surface area contributed by atoms with E-state index in [9.17, 15) is 0 Å². The zero-order valence-corrected chi connectivity index (χ0v) is 9.30. The third-order valence-corrected chi connectivity index (χ3v) is 3.02. The standard InChI is InChI=1S/C15H12N2/c16-17-10-15-13-7-3-1-5-11(13)9-12-6-2-4-8-14(12)15/h1-10H,16H2/b17-10-. The van der Waals surface area contributed by atoms with Gasteiger partial charge in [0.2, 0.25) is 0 Å². The fourth-order valence-corrected chi connectivity index (χ4v) is 2.26. The fraction of sp³-hybridized carbons (Fsp3) is 0. The van der Waals surface area contributed by atoms with Crippen molar-refractivity contribution < 1.29 is 0 Å². The maximum absolute atomic E-state index is 5.31. The molecule has 3 rings (SSSR count). The molecule has 0 spiro atoms. The number of fused-ring (bicyclic) bond motifs is 2. The smallest absolute Gasteiger partial charge is 0.0550 e. The van der Waals surface area contributed by atoms with Crippen molar-refractivity contribution in [3.05, 3.63) is 60.2 Å². The Hall–Kier alpha value is -2.35. The number of nitrogens with two attached hydrogens (primary N) is 1. The van der Waals surface area contributed by atoms with Crippen molar-refractivity contribution >= 4 is 27.8 Å². The average Bonchev–Trinajstić information content (AvgIpc) is 2.39. The summed E-state index contributed by atoms with van der Waals surface area (Å²) in [5.74, 6) is 5.31. The van der Waals surface area contributed by atoms with Crippen LogP contribution in [-0.4, -0.2) is 6.21 Å². The molecule has 3 aromatic carbocycles. The van der Waals surface area contributed by atoms with Gasteiger partial charge in [-0.2, -0.15) is 5.10 Å². The number of hydrogen-bond donors (Lipinski definition) is 1. The SMILES string of the molecule is N/N=C\c1c2ccccc2cc2ccccc12. The van der Waals surface area contributed by atoms with E-state index in [0.29, 0.717) is 0 Å². The molecule has 0 radical (unpaired) electrons. The minimum absolute atomic E-state index is 1.08. The molecule has 0 saturated heterocycles. The Bertz CT molecular complexity index is 660. The van der Waals surface area contributed by atoms with Crippen LogP contribution in [0.5, 0.6) is 0 Å². The number of hydrazone groups is 1. The Kier molecular flexibility index (Phi) is 2.26. The van der Waals surface area contributed by atoms with Gasteiger partial charge in [0, 0.05) is 5.56 Å². The van der Waals surface area contributed by atoms with E-state index in [4.69, 9.17) is 5.84 Å². The van der Waals surface area contributed by atoms with Gasteiger partial charge in [-0.1, -0.05) is 48.5 Å². The van der Waals surface area contributed by atoms with E-state index >= 15 is 0 Å². The Morgan fingerprint density at radius 2 is 1.35 bits per heavy atom.